The maximum absolute atomic E-state index is 5.72. The summed E-state index contributed by atoms with van der Waals surface area (Å²) in [4.78, 5) is 4.21. The van der Waals surface area contributed by atoms with Gasteiger partial charge in [0.05, 0.1) is 24.8 Å². The first-order valence-electron chi connectivity index (χ1n) is 6.34. The number of ether oxygens (including phenoxy) is 1. The Balaban J connectivity index is 1.64. The summed E-state index contributed by atoms with van der Waals surface area (Å²) >= 11 is 1.68. The van der Waals surface area contributed by atoms with Crippen LogP contribution in [0.3, 0.4) is 0 Å². The number of nitrogens with two attached hydrogens (primary N) is 1. The number of hydrogen-bond donors (Lipinski definition) is 1. The molecule has 0 aliphatic rings. The average molecular weight is 285 g/mol. The van der Waals surface area contributed by atoms with E-state index in [4.69, 9.17) is 10.5 Å². The van der Waals surface area contributed by atoms with Gasteiger partial charge in [-0.05, 0) is 23.6 Å². The van der Waals surface area contributed by atoms with E-state index in [0.717, 1.165) is 18.0 Å². The summed E-state index contributed by atoms with van der Waals surface area (Å²) in [5.74, 6) is 0.794. The maximum Gasteiger partial charge on any atom is 0.121 e. The van der Waals surface area contributed by atoms with Crippen LogP contribution in [0.15, 0.2) is 53.6 Å². The molecular weight excluding hydrogens is 270 g/mol. The molecule has 0 saturated carbocycles. The van der Waals surface area contributed by atoms with Gasteiger partial charge in [0.25, 0.3) is 0 Å². The Labute approximate surface area is 121 Å². The van der Waals surface area contributed by atoms with E-state index in [1.807, 2.05) is 36.8 Å². The molecule has 0 unspecified atom stereocenters. The minimum absolute atomic E-state index is 0.580. The third kappa shape index (κ3) is 2.83. The molecule has 2 aromatic heterocycles. The van der Waals surface area contributed by atoms with E-state index in [2.05, 4.69) is 26.4 Å². The van der Waals surface area contributed by atoms with Crippen molar-refractivity contribution in [1.82, 2.24) is 9.55 Å². The number of rotatable bonds is 5. The second-order valence-corrected chi connectivity index (χ2v) is 5.19. The molecule has 3 rings (SSSR count). The van der Waals surface area contributed by atoms with Crippen molar-refractivity contribution in [1.29, 1.82) is 0 Å². The third-order valence-corrected chi connectivity index (χ3v) is 3.67. The number of hydrogen-bond acceptors (Lipinski definition) is 4. The minimum Gasteiger partial charge on any atom is -0.492 e. The Bertz CT molecular complexity index is 676. The van der Waals surface area contributed by atoms with Gasteiger partial charge >= 0.3 is 0 Å². The largest absolute Gasteiger partial charge is 0.492 e. The lowest BCUT2D eigenvalue weighted by Crippen LogP contribution is -2.08. The van der Waals surface area contributed by atoms with Crippen molar-refractivity contribution in [2.75, 3.05) is 12.3 Å². The summed E-state index contributed by atoms with van der Waals surface area (Å²) < 4.78 is 7.80. The highest BCUT2D eigenvalue weighted by atomic mass is 32.1. The highest BCUT2D eigenvalue weighted by molar-refractivity contribution is 7.08. The van der Waals surface area contributed by atoms with Gasteiger partial charge in [-0.2, -0.15) is 11.3 Å². The summed E-state index contributed by atoms with van der Waals surface area (Å²) in [5.41, 5.74) is 8.74. The maximum atomic E-state index is 5.72. The zero-order valence-electron chi connectivity index (χ0n) is 10.9. The Morgan fingerprint density at radius 1 is 1.30 bits per heavy atom. The number of imidazole rings is 1. The SMILES string of the molecule is Nc1cccc(OCCn2cncc2-c2ccsc2)c1. The first-order chi connectivity index (χ1) is 9.83. The molecule has 2 heterocycles. The number of aromatic nitrogens is 2. The Morgan fingerprint density at radius 2 is 2.25 bits per heavy atom. The summed E-state index contributed by atoms with van der Waals surface area (Å²) in [6, 6.07) is 9.56. The summed E-state index contributed by atoms with van der Waals surface area (Å²) in [6.07, 6.45) is 3.71. The van der Waals surface area contributed by atoms with E-state index in [0.29, 0.717) is 12.3 Å². The molecule has 0 amide bonds. The molecule has 20 heavy (non-hydrogen) atoms. The third-order valence-electron chi connectivity index (χ3n) is 2.99. The quantitative estimate of drug-likeness (QED) is 0.732. The molecule has 0 fully saturated rings. The van der Waals surface area contributed by atoms with E-state index >= 15 is 0 Å². The van der Waals surface area contributed by atoms with Crippen LogP contribution in [0.5, 0.6) is 5.75 Å². The van der Waals surface area contributed by atoms with Crippen LogP contribution in [0.1, 0.15) is 0 Å². The van der Waals surface area contributed by atoms with Crippen molar-refractivity contribution < 1.29 is 4.74 Å². The fraction of sp³-hybridized carbons (Fsp3) is 0.133. The van der Waals surface area contributed by atoms with Crippen LogP contribution in [-0.4, -0.2) is 16.2 Å². The molecule has 1 aromatic carbocycles. The molecule has 3 aromatic rings. The number of nitrogen functional groups attached to an aromatic ring is 1. The predicted molar refractivity (Wildman–Crippen MR) is 81.9 cm³/mol. The van der Waals surface area contributed by atoms with Gasteiger partial charge < -0.3 is 15.0 Å². The van der Waals surface area contributed by atoms with Crippen molar-refractivity contribution in [3.05, 3.63) is 53.6 Å². The van der Waals surface area contributed by atoms with E-state index in [9.17, 15) is 0 Å². The lowest BCUT2D eigenvalue weighted by molar-refractivity contribution is 0.299. The van der Waals surface area contributed by atoms with Crippen molar-refractivity contribution in [3.8, 4) is 17.0 Å². The fourth-order valence-corrected chi connectivity index (χ4v) is 2.67. The molecule has 4 nitrogen and oxygen atoms in total. The molecule has 0 spiro atoms. The standard InChI is InChI=1S/C15H15N3OS/c16-13-2-1-3-14(8-13)19-6-5-18-11-17-9-15(18)12-4-7-20-10-12/h1-4,7-11H,5-6,16H2. The zero-order valence-corrected chi connectivity index (χ0v) is 11.7. The highest BCUT2D eigenvalue weighted by Gasteiger charge is 2.05. The van der Waals surface area contributed by atoms with Crippen LogP contribution in [0.2, 0.25) is 0 Å². The van der Waals surface area contributed by atoms with Crippen LogP contribution in [-0.2, 0) is 6.54 Å². The molecule has 102 valence electrons. The Hall–Kier alpha value is -2.27. The van der Waals surface area contributed by atoms with Crippen LogP contribution in [0.4, 0.5) is 5.69 Å². The van der Waals surface area contributed by atoms with Crippen molar-refractivity contribution in [2.24, 2.45) is 0 Å². The van der Waals surface area contributed by atoms with Gasteiger partial charge in [0.15, 0.2) is 0 Å². The first kappa shape index (κ1) is 12.7. The second kappa shape index (κ2) is 5.79. The molecule has 2 N–H and O–H groups in total. The number of thiophene rings is 1. The van der Waals surface area contributed by atoms with Gasteiger partial charge in [0.1, 0.15) is 12.4 Å². The van der Waals surface area contributed by atoms with Crippen LogP contribution in [0.25, 0.3) is 11.3 Å². The van der Waals surface area contributed by atoms with Crippen molar-refractivity contribution in [3.63, 3.8) is 0 Å². The first-order valence-corrected chi connectivity index (χ1v) is 7.28. The average Bonchev–Trinajstić information content (AvgIpc) is 3.09. The number of nitrogens with zero attached hydrogens (tertiary/aromatic N) is 2. The number of benzene rings is 1. The number of anilines is 1. The molecule has 0 bridgehead atoms. The summed E-state index contributed by atoms with van der Waals surface area (Å²) in [7, 11) is 0. The molecule has 0 aliphatic heterocycles. The van der Waals surface area contributed by atoms with E-state index in [1.54, 1.807) is 11.3 Å². The van der Waals surface area contributed by atoms with E-state index < -0.39 is 0 Å². The second-order valence-electron chi connectivity index (χ2n) is 4.41. The van der Waals surface area contributed by atoms with Gasteiger partial charge in [-0.3, -0.25) is 0 Å². The van der Waals surface area contributed by atoms with Gasteiger partial charge in [0.2, 0.25) is 0 Å². The molecule has 0 atom stereocenters. The smallest absolute Gasteiger partial charge is 0.121 e. The van der Waals surface area contributed by atoms with Crippen LogP contribution < -0.4 is 10.5 Å². The van der Waals surface area contributed by atoms with Crippen LogP contribution >= 0.6 is 11.3 Å². The molecule has 5 heteroatoms. The lowest BCUT2D eigenvalue weighted by Gasteiger charge is -2.09. The molecule has 0 radical (unpaired) electrons. The van der Waals surface area contributed by atoms with E-state index in [1.165, 1.54) is 5.56 Å². The molecule has 0 aliphatic carbocycles. The Kier molecular flexibility index (Phi) is 3.69. The van der Waals surface area contributed by atoms with Crippen LogP contribution in [0, 0.1) is 0 Å². The fourth-order valence-electron chi connectivity index (χ4n) is 2.02. The van der Waals surface area contributed by atoms with Gasteiger partial charge in [-0.1, -0.05) is 6.07 Å². The van der Waals surface area contributed by atoms with Gasteiger partial charge in [-0.15, -0.1) is 0 Å². The minimum atomic E-state index is 0.580. The highest BCUT2D eigenvalue weighted by Crippen LogP contribution is 2.21. The lowest BCUT2D eigenvalue weighted by atomic mass is 10.2. The predicted octanol–water partition coefficient (Wildman–Crippen LogP) is 3.27. The van der Waals surface area contributed by atoms with Gasteiger partial charge in [0, 0.05) is 22.7 Å². The molecule has 0 saturated heterocycles. The van der Waals surface area contributed by atoms with Crippen molar-refractivity contribution >= 4 is 17.0 Å². The molecular formula is C15H15N3OS. The topological polar surface area (TPSA) is 53.1 Å². The Morgan fingerprint density at radius 3 is 3.05 bits per heavy atom. The normalized spacial score (nSPS) is 10.6. The van der Waals surface area contributed by atoms with Crippen molar-refractivity contribution in [2.45, 2.75) is 6.54 Å². The van der Waals surface area contributed by atoms with Gasteiger partial charge in [-0.25, -0.2) is 4.98 Å². The van der Waals surface area contributed by atoms with E-state index in [-0.39, 0.29) is 0 Å². The summed E-state index contributed by atoms with van der Waals surface area (Å²) in [5, 5.41) is 4.18. The summed E-state index contributed by atoms with van der Waals surface area (Å²) in [6.45, 7) is 1.33. The zero-order chi connectivity index (χ0) is 13.8. The monoisotopic (exact) mass is 285 g/mol.